The molecular formula is C51H82O6. The Kier molecular flexibility index (Phi) is 42.1. The highest BCUT2D eigenvalue weighted by molar-refractivity contribution is 5.71. The molecule has 0 rings (SSSR count). The molecule has 1 unspecified atom stereocenters. The molecule has 0 spiro atoms. The molecule has 0 saturated carbocycles. The summed E-state index contributed by atoms with van der Waals surface area (Å²) >= 11 is 0. The van der Waals surface area contributed by atoms with E-state index in [4.69, 9.17) is 14.2 Å². The molecule has 6 nitrogen and oxygen atoms in total. The molecule has 0 aliphatic heterocycles. The van der Waals surface area contributed by atoms with Gasteiger partial charge in [0.2, 0.25) is 0 Å². The van der Waals surface area contributed by atoms with Crippen LogP contribution in [0, 0.1) is 0 Å². The fourth-order valence-electron chi connectivity index (χ4n) is 5.82. The first kappa shape index (κ1) is 53.3. The van der Waals surface area contributed by atoms with E-state index in [0.29, 0.717) is 19.3 Å². The van der Waals surface area contributed by atoms with Crippen molar-refractivity contribution in [2.24, 2.45) is 0 Å². The van der Waals surface area contributed by atoms with Crippen LogP contribution in [0.15, 0.2) is 97.2 Å². The normalized spacial score (nSPS) is 13.0. The third-order valence-electron chi connectivity index (χ3n) is 9.16. The molecule has 0 aromatic carbocycles. The van der Waals surface area contributed by atoms with Crippen molar-refractivity contribution in [3.05, 3.63) is 97.2 Å². The molecule has 0 amide bonds. The number of ether oxygens (including phenoxy) is 3. The van der Waals surface area contributed by atoms with Crippen molar-refractivity contribution < 1.29 is 28.6 Å². The number of hydrogen-bond acceptors (Lipinski definition) is 6. The van der Waals surface area contributed by atoms with Gasteiger partial charge in [0.05, 0.1) is 0 Å². The van der Waals surface area contributed by atoms with Gasteiger partial charge >= 0.3 is 17.9 Å². The lowest BCUT2D eigenvalue weighted by molar-refractivity contribution is -0.167. The van der Waals surface area contributed by atoms with Gasteiger partial charge in [-0.25, -0.2) is 0 Å². The highest BCUT2D eigenvalue weighted by Crippen LogP contribution is 2.13. The number of unbranched alkanes of at least 4 members (excludes halogenated alkanes) is 15. The summed E-state index contributed by atoms with van der Waals surface area (Å²) in [6.07, 6.45) is 58.2. The van der Waals surface area contributed by atoms with Crippen molar-refractivity contribution in [2.75, 3.05) is 13.2 Å². The minimum absolute atomic E-state index is 0.104. The van der Waals surface area contributed by atoms with Crippen LogP contribution in [0.2, 0.25) is 0 Å². The monoisotopic (exact) mass is 791 g/mol. The van der Waals surface area contributed by atoms with E-state index in [1.165, 1.54) is 25.7 Å². The van der Waals surface area contributed by atoms with Gasteiger partial charge in [-0.3, -0.25) is 14.4 Å². The number of carbonyl (C=O) groups excluding carboxylic acids is 3. The third-order valence-corrected chi connectivity index (χ3v) is 9.16. The predicted molar refractivity (Wildman–Crippen MR) is 242 cm³/mol. The average Bonchev–Trinajstić information content (AvgIpc) is 3.21. The Bertz CT molecular complexity index is 1180. The summed E-state index contributed by atoms with van der Waals surface area (Å²) in [5.41, 5.74) is 0. The topological polar surface area (TPSA) is 78.9 Å². The summed E-state index contributed by atoms with van der Waals surface area (Å²) in [5.74, 6) is -0.977. The molecule has 0 saturated heterocycles. The molecule has 0 aromatic rings. The van der Waals surface area contributed by atoms with Crippen LogP contribution in [0.1, 0.15) is 188 Å². The molecule has 0 bridgehead atoms. The molecule has 0 heterocycles. The van der Waals surface area contributed by atoms with E-state index in [9.17, 15) is 14.4 Å². The summed E-state index contributed by atoms with van der Waals surface area (Å²) in [6.45, 7) is 6.20. The maximum Gasteiger partial charge on any atom is 0.306 e. The van der Waals surface area contributed by atoms with E-state index in [2.05, 4.69) is 81.5 Å². The Balaban J connectivity index is 4.49. The zero-order chi connectivity index (χ0) is 41.5. The molecular weight excluding hydrogens is 709 g/mol. The lowest BCUT2D eigenvalue weighted by Crippen LogP contribution is -2.30. The summed E-state index contributed by atoms with van der Waals surface area (Å²) < 4.78 is 16.7. The quantitative estimate of drug-likeness (QED) is 0.0203. The van der Waals surface area contributed by atoms with Crippen LogP contribution in [0.5, 0.6) is 0 Å². The first-order chi connectivity index (χ1) is 28.0. The lowest BCUT2D eigenvalue weighted by atomic mass is 10.1. The third kappa shape index (κ3) is 43.3. The highest BCUT2D eigenvalue weighted by atomic mass is 16.6. The number of esters is 3. The van der Waals surface area contributed by atoms with Gasteiger partial charge in [-0.1, -0.05) is 176 Å². The van der Waals surface area contributed by atoms with Gasteiger partial charge in [0, 0.05) is 19.3 Å². The van der Waals surface area contributed by atoms with Gasteiger partial charge in [-0.05, 0) is 89.9 Å². The van der Waals surface area contributed by atoms with Gasteiger partial charge < -0.3 is 14.2 Å². The summed E-state index contributed by atoms with van der Waals surface area (Å²) in [4.78, 5) is 37.8. The Morgan fingerprint density at radius 3 is 1.19 bits per heavy atom. The Morgan fingerprint density at radius 1 is 0.368 bits per heavy atom. The molecule has 57 heavy (non-hydrogen) atoms. The van der Waals surface area contributed by atoms with E-state index in [1.54, 1.807) is 0 Å². The van der Waals surface area contributed by atoms with Crippen LogP contribution in [-0.4, -0.2) is 37.2 Å². The van der Waals surface area contributed by atoms with Crippen LogP contribution in [0.4, 0.5) is 0 Å². The van der Waals surface area contributed by atoms with Crippen molar-refractivity contribution in [3.63, 3.8) is 0 Å². The summed E-state index contributed by atoms with van der Waals surface area (Å²) in [5, 5.41) is 0. The average molecular weight is 791 g/mol. The number of allylic oxidation sites excluding steroid dienone is 16. The van der Waals surface area contributed by atoms with Crippen LogP contribution in [0.3, 0.4) is 0 Å². The summed E-state index contributed by atoms with van der Waals surface area (Å²) in [6, 6.07) is 0. The first-order valence-corrected chi connectivity index (χ1v) is 22.8. The fraction of sp³-hybridized carbons (Fsp3) is 0.627. The van der Waals surface area contributed by atoms with E-state index in [-0.39, 0.29) is 37.5 Å². The van der Waals surface area contributed by atoms with Gasteiger partial charge in [0.1, 0.15) is 13.2 Å². The first-order valence-electron chi connectivity index (χ1n) is 22.8. The predicted octanol–water partition coefficient (Wildman–Crippen LogP) is 14.6. The van der Waals surface area contributed by atoms with Crippen molar-refractivity contribution in [1.82, 2.24) is 0 Å². The van der Waals surface area contributed by atoms with Crippen LogP contribution < -0.4 is 0 Å². The number of rotatable bonds is 39. The minimum Gasteiger partial charge on any atom is -0.462 e. The number of carbonyl (C=O) groups is 3. The molecule has 0 N–H and O–H groups in total. The molecule has 0 radical (unpaired) electrons. The second-order valence-corrected chi connectivity index (χ2v) is 14.6. The molecule has 0 aliphatic carbocycles. The van der Waals surface area contributed by atoms with Crippen molar-refractivity contribution >= 4 is 17.9 Å². The largest absolute Gasteiger partial charge is 0.462 e. The molecule has 322 valence electrons. The van der Waals surface area contributed by atoms with Crippen LogP contribution >= 0.6 is 0 Å². The van der Waals surface area contributed by atoms with Crippen LogP contribution in [-0.2, 0) is 28.6 Å². The molecule has 0 aliphatic rings. The number of hydrogen-bond donors (Lipinski definition) is 0. The van der Waals surface area contributed by atoms with Gasteiger partial charge in [-0.15, -0.1) is 0 Å². The lowest BCUT2D eigenvalue weighted by Gasteiger charge is -2.18. The summed E-state index contributed by atoms with van der Waals surface area (Å²) in [7, 11) is 0. The van der Waals surface area contributed by atoms with Crippen LogP contribution in [0.25, 0.3) is 0 Å². The second-order valence-electron chi connectivity index (χ2n) is 14.6. The molecule has 1 atom stereocenters. The standard InChI is InChI=1S/C51H82O6/c1-4-7-10-13-16-19-22-25-27-29-32-35-38-41-44-50(53)56-47-48(46-55-49(52)43-40-37-34-31-28-24-21-18-15-12-9-6-3)57-51(54)45-42-39-36-33-30-26-23-20-17-14-11-8-5-2/h7-12,14,16-21,23,26,30,48H,4-6,13,15,22,24-25,27-29,31-47H2,1-3H3/b10-7-,11-8-,12-9-,17-14-,19-16-,21-18-,23-20-,30-26-. The molecule has 6 heteroatoms. The minimum atomic E-state index is -0.806. The smallest absolute Gasteiger partial charge is 0.306 e. The maximum absolute atomic E-state index is 12.7. The molecule has 0 fully saturated rings. The van der Waals surface area contributed by atoms with Crippen molar-refractivity contribution in [1.29, 1.82) is 0 Å². The fourth-order valence-corrected chi connectivity index (χ4v) is 5.82. The van der Waals surface area contributed by atoms with Gasteiger partial charge in [0.25, 0.3) is 0 Å². The highest BCUT2D eigenvalue weighted by Gasteiger charge is 2.19. The maximum atomic E-state index is 12.7. The Hall–Kier alpha value is -3.67. The van der Waals surface area contributed by atoms with E-state index in [0.717, 1.165) is 116 Å². The van der Waals surface area contributed by atoms with E-state index < -0.39 is 6.10 Å². The zero-order valence-corrected chi connectivity index (χ0v) is 36.6. The van der Waals surface area contributed by atoms with E-state index in [1.807, 2.05) is 36.5 Å². The SMILES string of the molecule is CC\C=C/C=C\C=C/C=C\CCCCCC(=O)OC(COC(=O)CCCCCCC/C=C\C/C=C\CC)COC(=O)CCCCCCCCC/C=C\C/C=C\CC. The Labute approximate surface area is 349 Å². The molecule has 0 aromatic heterocycles. The second kappa shape index (κ2) is 45.0. The van der Waals surface area contributed by atoms with Crippen molar-refractivity contribution in [2.45, 2.75) is 194 Å². The van der Waals surface area contributed by atoms with E-state index >= 15 is 0 Å². The Morgan fingerprint density at radius 2 is 0.719 bits per heavy atom. The van der Waals surface area contributed by atoms with Crippen molar-refractivity contribution in [3.8, 4) is 0 Å². The van der Waals surface area contributed by atoms with Gasteiger partial charge in [0.15, 0.2) is 6.10 Å². The van der Waals surface area contributed by atoms with Gasteiger partial charge in [-0.2, -0.15) is 0 Å². The zero-order valence-electron chi connectivity index (χ0n) is 36.6.